The van der Waals surface area contributed by atoms with Crippen molar-refractivity contribution in [3.63, 3.8) is 0 Å². The van der Waals surface area contributed by atoms with Crippen LogP contribution in [0.2, 0.25) is 0 Å². The minimum absolute atomic E-state index is 0.0936. The number of H-pyrrole nitrogens is 1. The van der Waals surface area contributed by atoms with Gasteiger partial charge in [0.1, 0.15) is 11.5 Å². The molecule has 4 aromatic rings. The molecule has 2 N–H and O–H groups in total. The summed E-state index contributed by atoms with van der Waals surface area (Å²) in [7, 11) is -3.79. The molecule has 0 unspecified atom stereocenters. The maximum atomic E-state index is 15.0. The highest BCUT2D eigenvalue weighted by atomic mass is 32.2. The average Bonchev–Trinajstić information content (AvgIpc) is 3.14. The van der Waals surface area contributed by atoms with E-state index >= 15 is 0 Å². The Kier molecular flexibility index (Phi) is 4.91. The van der Waals surface area contributed by atoms with E-state index in [1.54, 1.807) is 63.5 Å². The third-order valence-electron chi connectivity index (χ3n) is 4.44. The Bertz CT molecular complexity index is 1340. The van der Waals surface area contributed by atoms with Crippen LogP contribution in [-0.2, 0) is 10.0 Å². The van der Waals surface area contributed by atoms with Crippen molar-refractivity contribution in [1.82, 2.24) is 19.7 Å². The fourth-order valence-corrected chi connectivity index (χ4v) is 4.88. The van der Waals surface area contributed by atoms with Crippen LogP contribution in [0.5, 0.6) is 0 Å². The van der Waals surface area contributed by atoms with E-state index in [0.29, 0.717) is 16.8 Å². The smallest absolute Gasteiger partial charge is 0.241 e. The molecule has 0 bridgehead atoms. The third-order valence-corrected chi connectivity index (χ3v) is 6.25. The first kappa shape index (κ1) is 20.2. The lowest BCUT2D eigenvalue weighted by Gasteiger charge is -2.21. The number of fused-ring (bicyclic) bond motifs is 1. The molecule has 30 heavy (non-hydrogen) atoms. The zero-order valence-corrected chi connectivity index (χ0v) is 17.6. The standard InChI is InChI=1S/C22H21FN4O2S/c1-22(2,3)27-30(28,29)19-7-5-4-6-16(19)14-8-9-17(18(23)12-14)21-25-13-15-10-11-24-20(15)26-21/h4-13,27H,1-3H3,(H,24,25,26). The number of hydrogen-bond acceptors (Lipinski definition) is 4. The van der Waals surface area contributed by atoms with Crippen molar-refractivity contribution in [1.29, 1.82) is 0 Å². The molecule has 4 rings (SSSR count). The first-order valence-electron chi connectivity index (χ1n) is 9.37. The zero-order valence-electron chi connectivity index (χ0n) is 16.8. The average molecular weight is 425 g/mol. The molecule has 0 saturated heterocycles. The van der Waals surface area contributed by atoms with Crippen molar-refractivity contribution in [2.75, 3.05) is 0 Å². The maximum absolute atomic E-state index is 15.0. The molecule has 0 spiro atoms. The summed E-state index contributed by atoms with van der Waals surface area (Å²) in [6, 6.07) is 12.9. The molecule has 0 atom stereocenters. The molecule has 0 fully saturated rings. The summed E-state index contributed by atoms with van der Waals surface area (Å²) in [6.45, 7) is 5.30. The number of nitrogens with zero attached hydrogens (tertiary/aromatic N) is 2. The van der Waals surface area contributed by atoms with Gasteiger partial charge in [-0.2, -0.15) is 0 Å². The number of sulfonamides is 1. The van der Waals surface area contributed by atoms with Gasteiger partial charge in [-0.1, -0.05) is 24.3 Å². The summed E-state index contributed by atoms with van der Waals surface area (Å²) in [5, 5.41) is 0.835. The van der Waals surface area contributed by atoms with Crippen LogP contribution in [0, 0.1) is 5.82 Å². The summed E-state index contributed by atoms with van der Waals surface area (Å²) in [4.78, 5) is 11.7. The van der Waals surface area contributed by atoms with Crippen LogP contribution in [0.4, 0.5) is 4.39 Å². The Morgan fingerprint density at radius 2 is 1.80 bits per heavy atom. The van der Waals surface area contributed by atoms with Gasteiger partial charge < -0.3 is 4.98 Å². The van der Waals surface area contributed by atoms with E-state index < -0.39 is 21.4 Å². The molecular formula is C22H21FN4O2S. The zero-order chi connectivity index (χ0) is 21.5. The van der Waals surface area contributed by atoms with E-state index in [1.807, 2.05) is 6.07 Å². The highest BCUT2D eigenvalue weighted by Gasteiger charge is 2.25. The number of aromatic nitrogens is 3. The molecule has 0 aliphatic rings. The van der Waals surface area contributed by atoms with Gasteiger partial charge in [-0.05, 0) is 50.6 Å². The van der Waals surface area contributed by atoms with Crippen molar-refractivity contribution < 1.29 is 12.8 Å². The molecule has 0 saturated carbocycles. The normalized spacial score (nSPS) is 12.4. The molecule has 0 amide bonds. The van der Waals surface area contributed by atoms with Crippen molar-refractivity contribution in [2.24, 2.45) is 0 Å². The number of nitrogens with one attached hydrogen (secondary N) is 2. The van der Waals surface area contributed by atoms with Gasteiger partial charge in [-0.15, -0.1) is 0 Å². The molecule has 8 heteroatoms. The number of benzene rings is 2. The molecule has 154 valence electrons. The van der Waals surface area contributed by atoms with Gasteiger partial charge in [0.05, 0.1) is 10.5 Å². The molecule has 0 aliphatic carbocycles. The highest BCUT2D eigenvalue weighted by Crippen LogP contribution is 2.31. The molecule has 0 aliphatic heterocycles. The Morgan fingerprint density at radius 1 is 1.03 bits per heavy atom. The second kappa shape index (κ2) is 7.30. The van der Waals surface area contributed by atoms with Crippen LogP contribution in [0.15, 0.2) is 65.8 Å². The van der Waals surface area contributed by atoms with E-state index in [1.165, 1.54) is 12.1 Å². The monoisotopic (exact) mass is 424 g/mol. The van der Waals surface area contributed by atoms with Crippen molar-refractivity contribution in [3.05, 3.63) is 66.7 Å². The minimum Gasteiger partial charge on any atom is -0.346 e. The van der Waals surface area contributed by atoms with Crippen LogP contribution in [0.25, 0.3) is 33.5 Å². The van der Waals surface area contributed by atoms with E-state index in [9.17, 15) is 12.8 Å². The van der Waals surface area contributed by atoms with Crippen LogP contribution < -0.4 is 4.72 Å². The first-order chi connectivity index (χ1) is 14.1. The highest BCUT2D eigenvalue weighted by molar-refractivity contribution is 7.89. The SMILES string of the molecule is CC(C)(C)NS(=O)(=O)c1ccccc1-c1ccc(-c2ncc3cc[nH]c3n2)c(F)c1. The summed E-state index contributed by atoms with van der Waals surface area (Å²) >= 11 is 0. The first-order valence-corrected chi connectivity index (χ1v) is 10.9. The fourth-order valence-electron chi connectivity index (χ4n) is 3.23. The minimum atomic E-state index is -3.79. The molecule has 2 aromatic carbocycles. The van der Waals surface area contributed by atoms with Crippen LogP contribution in [0.1, 0.15) is 20.8 Å². The molecule has 2 aromatic heterocycles. The molecular weight excluding hydrogens is 403 g/mol. The molecule has 2 heterocycles. The summed E-state index contributed by atoms with van der Waals surface area (Å²) in [5.74, 6) is -0.279. The van der Waals surface area contributed by atoms with E-state index in [2.05, 4.69) is 19.7 Å². The van der Waals surface area contributed by atoms with Crippen LogP contribution in [0.3, 0.4) is 0 Å². The second-order valence-corrected chi connectivity index (χ2v) is 9.67. The predicted molar refractivity (Wildman–Crippen MR) is 115 cm³/mol. The van der Waals surface area contributed by atoms with E-state index in [4.69, 9.17) is 0 Å². The van der Waals surface area contributed by atoms with Gasteiger partial charge in [-0.25, -0.2) is 27.5 Å². The van der Waals surface area contributed by atoms with Gasteiger partial charge in [0, 0.05) is 28.9 Å². The Balaban J connectivity index is 1.77. The number of aromatic amines is 1. The van der Waals surface area contributed by atoms with E-state index in [0.717, 1.165) is 5.39 Å². The molecule has 6 nitrogen and oxygen atoms in total. The van der Waals surface area contributed by atoms with Crippen molar-refractivity contribution in [2.45, 2.75) is 31.2 Å². The lowest BCUT2D eigenvalue weighted by molar-refractivity contribution is 0.491. The largest absolute Gasteiger partial charge is 0.346 e. The third kappa shape index (κ3) is 3.96. The maximum Gasteiger partial charge on any atom is 0.241 e. The van der Waals surface area contributed by atoms with Gasteiger partial charge in [0.15, 0.2) is 5.82 Å². The second-order valence-electron chi connectivity index (χ2n) is 8.02. The summed E-state index contributed by atoms with van der Waals surface area (Å²) < 4.78 is 43.4. The predicted octanol–water partition coefficient (Wildman–Crippen LogP) is 4.51. The van der Waals surface area contributed by atoms with Gasteiger partial charge in [0.25, 0.3) is 0 Å². The summed E-state index contributed by atoms with van der Waals surface area (Å²) in [6.07, 6.45) is 3.37. The van der Waals surface area contributed by atoms with E-state index in [-0.39, 0.29) is 16.3 Å². The van der Waals surface area contributed by atoms with Gasteiger partial charge in [-0.3, -0.25) is 0 Å². The Labute approximate surface area is 174 Å². The Morgan fingerprint density at radius 3 is 2.53 bits per heavy atom. The van der Waals surface area contributed by atoms with Gasteiger partial charge >= 0.3 is 0 Å². The fraction of sp³-hybridized carbons (Fsp3) is 0.182. The van der Waals surface area contributed by atoms with Crippen LogP contribution >= 0.6 is 0 Å². The number of rotatable bonds is 4. The Hall–Kier alpha value is -3.10. The van der Waals surface area contributed by atoms with Crippen molar-refractivity contribution in [3.8, 4) is 22.5 Å². The molecule has 0 radical (unpaired) electrons. The lowest BCUT2D eigenvalue weighted by atomic mass is 10.0. The van der Waals surface area contributed by atoms with Crippen LogP contribution in [-0.4, -0.2) is 28.9 Å². The number of hydrogen-bond donors (Lipinski definition) is 2. The lowest BCUT2D eigenvalue weighted by Crippen LogP contribution is -2.40. The van der Waals surface area contributed by atoms with Crippen molar-refractivity contribution >= 4 is 21.1 Å². The summed E-state index contributed by atoms with van der Waals surface area (Å²) in [5.41, 5.74) is 1.08. The topological polar surface area (TPSA) is 87.7 Å². The quantitative estimate of drug-likeness (QED) is 0.505. The number of halogens is 1. The van der Waals surface area contributed by atoms with Gasteiger partial charge in [0.2, 0.25) is 10.0 Å².